The van der Waals surface area contributed by atoms with Crippen LogP contribution in [0.3, 0.4) is 0 Å². The minimum Gasteiger partial charge on any atom is -0.494 e. The highest BCUT2D eigenvalue weighted by Gasteiger charge is 2.07. The number of carbonyl (C=O) groups is 1. The SMILES string of the molecule is CCOc1cccc(CNc2cc(C(N)=O)ccc2F)c1. The first-order valence-corrected chi connectivity index (χ1v) is 6.65. The third kappa shape index (κ3) is 3.95. The fourth-order valence-electron chi connectivity index (χ4n) is 1.92. The predicted molar refractivity (Wildman–Crippen MR) is 79.9 cm³/mol. The fraction of sp³-hybridized carbons (Fsp3) is 0.188. The molecule has 0 spiro atoms. The number of nitrogens with one attached hydrogen (secondary N) is 1. The summed E-state index contributed by atoms with van der Waals surface area (Å²) >= 11 is 0. The molecule has 0 bridgehead atoms. The molecule has 110 valence electrons. The number of nitrogens with two attached hydrogens (primary N) is 1. The Kier molecular flexibility index (Phi) is 4.77. The van der Waals surface area contributed by atoms with E-state index in [1.54, 1.807) is 0 Å². The summed E-state index contributed by atoms with van der Waals surface area (Å²) in [5, 5.41) is 2.96. The molecule has 0 aliphatic heterocycles. The minimum absolute atomic E-state index is 0.244. The Balaban J connectivity index is 2.10. The van der Waals surface area contributed by atoms with Gasteiger partial charge in [0.05, 0.1) is 12.3 Å². The molecule has 21 heavy (non-hydrogen) atoms. The van der Waals surface area contributed by atoms with Gasteiger partial charge in [0.1, 0.15) is 11.6 Å². The van der Waals surface area contributed by atoms with Crippen molar-refractivity contribution in [1.82, 2.24) is 0 Å². The molecule has 5 heteroatoms. The van der Waals surface area contributed by atoms with Crippen molar-refractivity contribution in [3.63, 3.8) is 0 Å². The number of hydrogen-bond acceptors (Lipinski definition) is 3. The van der Waals surface area contributed by atoms with Gasteiger partial charge >= 0.3 is 0 Å². The Labute approximate surface area is 122 Å². The van der Waals surface area contributed by atoms with Crippen LogP contribution in [0.4, 0.5) is 10.1 Å². The molecule has 0 unspecified atom stereocenters. The molecule has 2 aromatic carbocycles. The average molecular weight is 288 g/mol. The van der Waals surface area contributed by atoms with Crippen LogP contribution >= 0.6 is 0 Å². The van der Waals surface area contributed by atoms with Crippen LogP contribution in [0.5, 0.6) is 5.75 Å². The lowest BCUT2D eigenvalue weighted by molar-refractivity contribution is 0.100. The Morgan fingerprint density at radius 1 is 1.29 bits per heavy atom. The van der Waals surface area contributed by atoms with Crippen LogP contribution in [-0.2, 0) is 6.54 Å². The number of hydrogen-bond donors (Lipinski definition) is 2. The van der Waals surface area contributed by atoms with Gasteiger partial charge in [0, 0.05) is 12.1 Å². The largest absolute Gasteiger partial charge is 0.494 e. The van der Waals surface area contributed by atoms with E-state index in [0.29, 0.717) is 13.2 Å². The van der Waals surface area contributed by atoms with Crippen LogP contribution in [0.25, 0.3) is 0 Å². The van der Waals surface area contributed by atoms with Gasteiger partial charge in [-0.3, -0.25) is 4.79 Å². The monoisotopic (exact) mass is 288 g/mol. The maximum atomic E-state index is 13.7. The van der Waals surface area contributed by atoms with Crippen LogP contribution in [-0.4, -0.2) is 12.5 Å². The first-order chi connectivity index (χ1) is 10.1. The Morgan fingerprint density at radius 2 is 2.10 bits per heavy atom. The van der Waals surface area contributed by atoms with Gasteiger partial charge in [-0.2, -0.15) is 0 Å². The highest BCUT2D eigenvalue weighted by atomic mass is 19.1. The van der Waals surface area contributed by atoms with E-state index in [0.717, 1.165) is 11.3 Å². The number of primary amides is 1. The molecule has 0 aromatic heterocycles. The van der Waals surface area contributed by atoms with Gasteiger partial charge in [-0.05, 0) is 42.8 Å². The van der Waals surface area contributed by atoms with Crippen LogP contribution in [0.1, 0.15) is 22.8 Å². The number of benzene rings is 2. The summed E-state index contributed by atoms with van der Waals surface area (Å²) in [6.07, 6.45) is 0. The zero-order valence-corrected chi connectivity index (χ0v) is 11.7. The third-order valence-electron chi connectivity index (χ3n) is 2.94. The first-order valence-electron chi connectivity index (χ1n) is 6.65. The summed E-state index contributed by atoms with van der Waals surface area (Å²) in [6, 6.07) is 11.5. The smallest absolute Gasteiger partial charge is 0.248 e. The van der Waals surface area contributed by atoms with Gasteiger partial charge in [-0.15, -0.1) is 0 Å². The molecule has 4 nitrogen and oxygen atoms in total. The topological polar surface area (TPSA) is 64.3 Å². The normalized spacial score (nSPS) is 10.2. The average Bonchev–Trinajstić information content (AvgIpc) is 2.47. The molecular weight excluding hydrogens is 271 g/mol. The zero-order chi connectivity index (χ0) is 15.2. The van der Waals surface area contributed by atoms with E-state index in [1.165, 1.54) is 18.2 Å². The van der Waals surface area contributed by atoms with Gasteiger partial charge in [-0.1, -0.05) is 12.1 Å². The van der Waals surface area contributed by atoms with Crippen molar-refractivity contribution in [3.05, 3.63) is 59.4 Å². The summed E-state index contributed by atoms with van der Waals surface area (Å²) in [7, 11) is 0. The summed E-state index contributed by atoms with van der Waals surface area (Å²) in [6.45, 7) is 2.92. The second-order valence-corrected chi connectivity index (χ2v) is 4.49. The van der Waals surface area contributed by atoms with Crippen LogP contribution < -0.4 is 15.8 Å². The van der Waals surface area contributed by atoms with Crippen molar-refractivity contribution in [3.8, 4) is 5.75 Å². The number of rotatable bonds is 6. The van der Waals surface area contributed by atoms with E-state index in [4.69, 9.17) is 10.5 Å². The van der Waals surface area contributed by atoms with E-state index in [9.17, 15) is 9.18 Å². The maximum Gasteiger partial charge on any atom is 0.248 e. The van der Waals surface area contributed by atoms with Gasteiger partial charge in [0.15, 0.2) is 0 Å². The van der Waals surface area contributed by atoms with Crippen LogP contribution in [0.2, 0.25) is 0 Å². The molecule has 1 amide bonds. The van der Waals surface area contributed by atoms with E-state index in [1.807, 2.05) is 31.2 Å². The molecule has 0 heterocycles. The van der Waals surface area contributed by atoms with Crippen molar-refractivity contribution in [2.24, 2.45) is 5.73 Å². The highest BCUT2D eigenvalue weighted by molar-refractivity contribution is 5.93. The highest BCUT2D eigenvalue weighted by Crippen LogP contribution is 2.19. The predicted octanol–water partition coefficient (Wildman–Crippen LogP) is 2.94. The number of anilines is 1. The molecule has 0 saturated heterocycles. The number of halogens is 1. The Bertz CT molecular complexity index is 644. The number of amides is 1. The molecule has 0 aliphatic rings. The molecule has 0 fully saturated rings. The lowest BCUT2D eigenvalue weighted by atomic mass is 10.1. The first kappa shape index (κ1) is 14.8. The van der Waals surface area contributed by atoms with Crippen molar-refractivity contribution < 1.29 is 13.9 Å². The second-order valence-electron chi connectivity index (χ2n) is 4.49. The van der Waals surface area contributed by atoms with Crippen molar-refractivity contribution in [2.45, 2.75) is 13.5 Å². The minimum atomic E-state index is -0.587. The molecular formula is C16H17FN2O2. The Morgan fingerprint density at radius 3 is 2.81 bits per heavy atom. The van der Waals surface area contributed by atoms with E-state index in [2.05, 4.69) is 5.32 Å². The quantitative estimate of drug-likeness (QED) is 0.859. The van der Waals surface area contributed by atoms with E-state index in [-0.39, 0.29) is 11.3 Å². The molecule has 3 N–H and O–H groups in total. The summed E-state index contributed by atoms with van der Waals surface area (Å²) in [5.74, 6) is -0.250. The standard InChI is InChI=1S/C16H17FN2O2/c1-2-21-13-5-3-4-11(8-13)10-19-15-9-12(16(18)20)6-7-14(15)17/h3-9,19H,2,10H2,1H3,(H2,18,20). The van der Waals surface area contributed by atoms with Crippen molar-refractivity contribution in [1.29, 1.82) is 0 Å². The lowest BCUT2D eigenvalue weighted by Gasteiger charge is -2.10. The van der Waals surface area contributed by atoms with Gasteiger partial charge in [-0.25, -0.2) is 4.39 Å². The van der Waals surface area contributed by atoms with Gasteiger partial charge in [0.25, 0.3) is 0 Å². The Hall–Kier alpha value is -2.56. The van der Waals surface area contributed by atoms with Crippen LogP contribution in [0.15, 0.2) is 42.5 Å². The molecule has 2 aromatic rings. The number of ether oxygens (including phenoxy) is 1. The fourth-order valence-corrected chi connectivity index (χ4v) is 1.92. The number of carbonyl (C=O) groups excluding carboxylic acids is 1. The molecule has 0 atom stereocenters. The van der Waals surface area contributed by atoms with Gasteiger partial charge in [0.2, 0.25) is 5.91 Å². The molecule has 0 saturated carbocycles. The summed E-state index contributed by atoms with van der Waals surface area (Å²) in [5.41, 5.74) is 6.65. The molecule has 2 rings (SSSR count). The second kappa shape index (κ2) is 6.74. The van der Waals surface area contributed by atoms with Crippen LogP contribution in [0, 0.1) is 5.82 Å². The zero-order valence-electron chi connectivity index (χ0n) is 11.7. The summed E-state index contributed by atoms with van der Waals surface area (Å²) < 4.78 is 19.1. The third-order valence-corrected chi connectivity index (χ3v) is 2.94. The molecule has 0 radical (unpaired) electrons. The lowest BCUT2D eigenvalue weighted by Crippen LogP contribution is -2.12. The summed E-state index contributed by atoms with van der Waals surface area (Å²) in [4.78, 5) is 11.1. The van der Waals surface area contributed by atoms with E-state index < -0.39 is 11.7 Å². The van der Waals surface area contributed by atoms with E-state index >= 15 is 0 Å². The van der Waals surface area contributed by atoms with Crippen molar-refractivity contribution in [2.75, 3.05) is 11.9 Å². The van der Waals surface area contributed by atoms with Gasteiger partial charge < -0.3 is 15.8 Å². The van der Waals surface area contributed by atoms with Crippen molar-refractivity contribution >= 4 is 11.6 Å². The molecule has 0 aliphatic carbocycles. The maximum absolute atomic E-state index is 13.7.